The van der Waals surface area contributed by atoms with Crippen molar-refractivity contribution in [2.45, 2.75) is 32.4 Å². The number of nitrogens with zero attached hydrogens (tertiary/aromatic N) is 4. The van der Waals surface area contributed by atoms with Crippen LogP contribution < -0.4 is 5.32 Å². The first-order valence-corrected chi connectivity index (χ1v) is 6.92. The highest BCUT2D eigenvalue weighted by molar-refractivity contribution is 4.79. The van der Waals surface area contributed by atoms with Gasteiger partial charge < -0.3 is 14.8 Å². The van der Waals surface area contributed by atoms with Crippen LogP contribution in [-0.4, -0.2) is 53.7 Å². The number of aromatic nitrogens is 4. The molecule has 19 heavy (non-hydrogen) atoms. The molecule has 0 aromatic carbocycles. The van der Waals surface area contributed by atoms with Gasteiger partial charge in [-0.15, -0.1) is 5.10 Å². The van der Waals surface area contributed by atoms with Crippen molar-refractivity contribution in [3.63, 3.8) is 0 Å². The van der Waals surface area contributed by atoms with Crippen LogP contribution in [0.15, 0.2) is 0 Å². The van der Waals surface area contributed by atoms with Gasteiger partial charge in [0, 0.05) is 33.4 Å². The summed E-state index contributed by atoms with van der Waals surface area (Å²) in [7, 11) is 1.69. The first kappa shape index (κ1) is 14.4. The van der Waals surface area contributed by atoms with Crippen LogP contribution in [-0.2, 0) is 22.6 Å². The molecule has 0 spiro atoms. The zero-order valence-corrected chi connectivity index (χ0v) is 11.5. The van der Waals surface area contributed by atoms with Gasteiger partial charge in [-0.2, -0.15) is 0 Å². The van der Waals surface area contributed by atoms with Crippen LogP contribution in [0, 0.1) is 5.92 Å². The largest absolute Gasteiger partial charge is 0.383 e. The van der Waals surface area contributed by atoms with Crippen LogP contribution in [0.4, 0.5) is 0 Å². The van der Waals surface area contributed by atoms with E-state index in [9.17, 15) is 0 Å². The standard InChI is InChI=1S/C12H23N5O2/c1-18-8-5-13-9-12-14-15-16-17(12)6-2-7-19-10-11-3-4-11/h11,13H,2-10H2,1H3. The second kappa shape index (κ2) is 8.19. The van der Waals surface area contributed by atoms with Gasteiger partial charge in [-0.1, -0.05) is 0 Å². The van der Waals surface area contributed by atoms with Crippen molar-refractivity contribution >= 4 is 0 Å². The normalized spacial score (nSPS) is 15.0. The molecule has 7 heteroatoms. The molecule has 1 saturated carbocycles. The maximum atomic E-state index is 5.59. The number of hydrogen-bond donors (Lipinski definition) is 1. The van der Waals surface area contributed by atoms with E-state index in [-0.39, 0.29) is 0 Å². The highest BCUT2D eigenvalue weighted by Crippen LogP contribution is 2.28. The Morgan fingerprint density at radius 3 is 3.05 bits per heavy atom. The zero-order chi connectivity index (χ0) is 13.3. The molecular weight excluding hydrogens is 246 g/mol. The third-order valence-corrected chi connectivity index (χ3v) is 3.08. The fourth-order valence-corrected chi connectivity index (χ4v) is 1.75. The van der Waals surface area contributed by atoms with E-state index in [1.54, 1.807) is 7.11 Å². The fourth-order valence-electron chi connectivity index (χ4n) is 1.75. The Balaban J connectivity index is 1.57. The predicted molar refractivity (Wildman–Crippen MR) is 69.6 cm³/mol. The molecule has 0 atom stereocenters. The number of methoxy groups -OCH3 is 1. The van der Waals surface area contributed by atoms with E-state index in [1.165, 1.54) is 12.8 Å². The summed E-state index contributed by atoms with van der Waals surface area (Å²) in [5, 5.41) is 14.9. The molecule has 0 unspecified atom stereocenters. The first-order valence-electron chi connectivity index (χ1n) is 6.92. The fraction of sp³-hybridized carbons (Fsp3) is 0.917. The van der Waals surface area contributed by atoms with E-state index in [2.05, 4.69) is 20.8 Å². The van der Waals surface area contributed by atoms with Gasteiger partial charge in [0.1, 0.15) is 0 Å². The number of aryl methyl sites for hydroxylation is 1. The Hall–Kier alpha value is -1.05. The number of nitrogens with one attached hydrogen (secondary N) is 1. The second-order valence-electron chi connectivity index (χ2n) is 4.86. The minimum absolute atomic E-state index is 0.666. The zero-order valence-electron chi connectivity index (χ0n) is 11.5. The minimum Gasteiger partial charge on any atom is -0.383 e. The van der Waals surface area contributed by atoms with E-state index >= 15 is 0 Å². The smallest absolute Gasteiger partial charge is 0.165 e. The predicted octanol–water partition coefficient (Wildman–Crippen LogP) is 0.226. The van der Waals surface area contributed by atoms with Gasteiger partial charge in [0.2, 0.25) is 0 Å². The molecule has 1 aromatic rings. The van der Waals surface area contributed by atoms with Crippen LogP contribution in [0.25, 0.3) is 0 Å². The minimum atomic E-state index is 0.666. The molecular formula is C12H23N5O2. The third-order valence-electron chi connectivity index (χ3n) is 3.08. The molecule has 1 N–H and O–H groups in total. The molecule has 1 heterocycles. The average Bonchev–Trinajstić information content (AvgIpc) is 3.14. The first-order chi connectivity index (χ1) is 9.40. The lowest BCUT2D eigenvalue weighted by Crippen LogP contribution is -2.21. The van der Waals surface area contributed by atoms with Crippen LogP contribution in [0.2, 0.25) is 0 Å². The topological polar surface area (TPSA) is 74.1 Å². The molecule has 108 valence electrons. The van der Waals surface area contributed by atoms with Crippen molar-refractivity contribution in [3.8, 4) is 0 Å². The van der Waals surface area contributed by atoms with Crippen molar-refractivity contribution in [2.75, 3.05) is 33.5 Å². The molecule has 0 radical (unpaired) electrons. The highest BCUT2D eigenvalue weighted by atomic mass is 16.5. The van der Waals surface area contributed by atoms with E-state index in [0.29, 0.717) is 13.2 Å². The second-order valence-corrected chi connectivity index (χ2v) is 4.86. The van der Waals surface area contributed by atoms with Crippen molar-refractivity contribution in [1.82, 2.24) is 25.5 Å². The summed E-state index contributed by atoms with van der Waals surface area (Å²) < 4.78 is 12.4. The summed E-state index contributed by atoms with van der Waals surface area (Å²) >= 11 is 0. The van der Waals surface area contributed by atoms with Crippen LogP contribution >= 0.6 is 0 Å². The van der Waals surface area contributed by atoms with Gasteiger partial charge in [-0.05, 0) is 35.6 Å². The summed E-state index contributed by atoms with van der Waals surface area (Å²) in [5.41, 5.74) is 0. The van der Waals surface area contributed by atoms with Crippen LogP contribution in [0.3, 0.4) is 0 Å². The molecule has 1 fully saturated rings. The van der Waals surface area contributed by atoms with E-state index in [0.717, 1.165) is 44.5 Å². The third kappa shape index (κ3) is 5.63. The van der Waals surface area contributed by atoms with Crippen LogP contribution in [0.5, 0.6) is 0 Å². The van der Waals surface area contributed by atoms with Crippen molar-refractivity contribution < 1.29 is 9.47 Å². The number of ether oxygens (including phenoxy) is 2. The highest BCUT2D eigenvalue weighted by Gasteiger charge is 2.20. The van der Waals surface area contributed by atoms with Gasteiger partial charge in [0.15, 0.2) is 5.82 Å². The molecule has 1 aliphatic rings. The summed E-state index contributed by atoms with van der Waals surface area (Å²) in [6.07, 6.45) is 3.62. The van der Waals surface area contributed by atoms with E-state index in [1.807, 2.05) is 4.68 Å². The van der Waals surface area contributed by atoms with Crippen molar-refractivity contribution in [3.05, 3.63) is 5.82 Å². The summed E-state index contributed by atoms with van der Waals surface area (Å²) in [6.45, 7) is 4.66. The molecule has 1 aliphatic carbocycles. The molecule has 0 saturated heterocycles. The maximum Gasteiger partial charge on any atom is 0.165 e. The summed E-state index contributed by atoms with van der Waals surface area (Å²) in [5.74, 6) is 1.69. The van der Waals surface area contributed by atoms with E-state index in [4.69, 9.17) is 9.47 Å². The Kier molecular flexibility index (Phi) is 6.19. The van der Waals surface area contributed by atoms with Gasteiger partial charge in [0.25, 0.3) is 0 Å². The molecule has 1 aromatic heterocycles. The lowest BCUT2D eigenvalue weighted by Gasteiger charge is -2.06. The average molecular weight is 269 g/mol. The molecule has 0 bridgehead atoms. The van der Waals surface area contributed by atoms with Crippen molar-refractivity contribution in [2.24, 2.45) is 5.92 Å². The summed E-state index contributed by atoms with van der Waals surface area (Å²) in [6, 6.07) is 0. The Morgan fingerprint density at radius 2 is 2.26 bits per heavy atom. The van der Waals surface area contributed by atoms with Gasteiger partial charge in [0.05, 0.1) is 13.2 Å². The Labute approximate surface area is 113 Å². The number of rotatable bonds is 11. The van der Waals surface area contributed by atoms with Gasteiger partial charge >= 0.3 is 0 Å². The lowest BCUT2D eigenvalue weighted by molar-refractivity contribution is 0.118. The molecule has 2 rings (SSSR count). The monoisotopic (exact) mass is 269 g/mol. The van der Waals surface area contributed by atoms with E-state index < -0.39 is 0 Å². The number of hydrogen-bond acceptors (Lipinski definition) is 6. The molecule has 7 nitrogen and oxygen atoms in total. The number of tetrazole rings is 1. The quantitative estimate of drug-likeness (QED) is 0.580. The van der Waals surface area contributed by atoms with Gasteiger partial charge in [-0.3, -0.25) is 0 Å². The lowest BCUT2D eigenvalue weighted by atomic mass is 10.4. The summed E-state index contributed by atoms with van der Waals surface area (Å²) in [4.78, 5) is 0. The maximum absolute atomic E-state index is 5.59. The Bertz CT molecular complexity index is 354. The molecule has 0 aliphatic heterocycles. The van der Waals surface area contributed by atoms with Crippen LogP contribution in [0.1, 0.15) is 25.1 Å². The SMILES string of the molecule is COCCNCc1nnnn1CCCOCC1CC1. The molecule has 0 amide bonds. The van der Waals surface area contributed by atoms with Crippen molar-refractivity contribution in [1.29, 1.82) is 0 Å². The Morgan fingerprint density at radius 1 is 1.37 bits per heavy atom. The van der Waals surface area contributed by atoms with Gasteiger partial charge in [-0.25, -0.2) is 4.68 Å².